The van der Waals surface area contributed by atoms with E-state index in [0.29, 0.717) is 5.92 Å². The van der Waals surface area contributed by atoms with Gasteiger partial charge in [-0.1, -0.05) is 63.6 Å². The lowest BCUT2D eigenvalue weighted by Gasteiger charge is -2.26. The highest BCUT2D eigenvalue weighted by Crippen LogP contribution is 2.32. The minimum atomic E-state index is -0.277. The van der Waals surface area contributed by atoms with E-state index < -0.39 is 0 Å². The van der Waals surface area contributed by atoms with Crippen LogP contribution in [0.1, 0.15) is 55.9 Å². The summed E-state index contributed by atoms with van der Waals surface area (Å²) in [5, 5.41) is 0.799. The molecule has 2 aromatic carbocycles. The summed E-state index contributed by atoms with van der Waals surface area (Å²) in [5.41, 5.74) is 3.72. The lowest BCUT2D eigenvalue weighted by atomic mass is 9.78. The van der Waals surface area contributed by atoms with E-state index in [4.69, 9.17) is 11.6 Å². The summed E-state index contributed by atoms with van der Waals surface area (Å²) in [6.07, 6.45) is 0.755. The predicted octanol–water partition coefficient (Wildman–Crippen LogP) is 6.43. The summed E-state index contributed by atoms with van der Waals surface area (Å²) in [5.74, 6) is 0.277. The highest BCUT2D eigenvalue weighted by Gasteiger charge is 2.25. The first-order valence-corrected chi connectivity index (χ1v) is 8.13. The number of hydrogen-bond donors (Lipinski definition) is 0. The molecule has 0 radical (unpaired) electrons. The minimum absolute atomic E-state index is 0.130. The van der Waals surface area contributed by atoms with Crippen molar-refractivity contribution in [2.45, 2.75) is 52.4 Å². The molecule has 2 rings (SSSR count). The molecule has 2 aromatic rings. The lowest BCUT2D eigenvalue weighted by molar-refractivity contribution is 0.480. The molecular weight excluding hydrogens is 295 g/mol. The standard InChI is InChI=1S/C20H24ClF/c1-13(2)16-8-7-15(11-18(16)21)12-20(4,5)17-9-6-14(3)10-19(17)22/h6-11,13H,12H2,1-5H3. The van der Waals surface area contributed by atoms with Gasteiger partial charge in [-0.15, -0.1) is 0 Å². The molecule has 0 aromatic heterocycles. The van der Waals surface area contributed by atoms with E-state index in [2.05, 4.69) is 39.8 Å². The second kappa shape index (κ2) is 6.42. The summed E-state index contributed by atoms with van der Waals surface area (Å²) in [6.45, 7) is 10.3. The monoisotopic (exact) mass is 318 g/mol. The lowest BCUT2D eigenvalue weighted by Crippen LogP contribution is -2.22. The molecule has 0 saturated heterocycles. The van der Waals surface area contributed by atoms with Crippen LogP contribution in [0.2, 0.25) is 5.02 Å². The molecule has 0 nitrogen and oxygen atoms in total. The van der Waals surface area contributed by atoms with Crippen LogP contribution in [0.5, 0.6) is 0 Å². The Kier molecular flexibility index (Phi) is 4.97. The third-order valence-electron chi connectivity index (χ3n) is 4.19. The number of aryl methyl sites for hydroxylation is 1. The van der Waals surface area contributed by atoms with Crippen LogP contribution in [0.25, 0.3) is 0 Å². The van der Waals surface area contributed by atoms with Crippen molar-refractivity contribution in [3.63, 3.8) is 0 Å². The molecular formula is C20H24ClF. The van der Waals surface area contributed by atoms with Crippen LogP contribution in [0.4, 0.5) is 4.39 Å². The summed E-state index contributed by atoms with van der Waals surface area (Å²) in [7, 11) is 0. The average Bonchev–Trinajstić information content (AvgIpc) is 2.37. The maximum atomic E-state index is 14.3. The number of halogens is 2. The molecule has 0 saturated carbocycles. The minimum Gasteiger partial charge on any atom is -0.207 e. The Bertz CT molecular complexity index is 671. The average molecular weight is 319 g/mol. The van der Waals surface area contributed by atoms with Crippen LogP contribution in [-0.2, 0) is 11.8 Å². The van der Waals surface area contributed by atoms with Crippen molar-refractivity contribution in [3.8, 4) is 0 Å². The van der Waals surface area contributed by atoms with Gasteiger partial charge in [-0.25, -0.2) is 4.39 Å². The zero-order chi connectivity index (χ0) is 16.5. The van der Waals surface area contributed by atoms with Crippen molar-refractivity contribution >= 4 is 11.6 Å². The Labute approximate surface area is 138 Å². The Morgan fingerprint density at radius 1 is 1.09 bits per heavy atom. The van der Waals surface area contributed by atoms with Gasteiger partial charge in [0.2, 0.25) is 0 Å². The second-order valence-corrected chi connectivity index (χ2v) is 7.46. The summed E-state index contributed by atoms with van der Waals surface area (Å²) in [4.78, 5) is 0. The van der Waals surface area contributed by atoms with Gasteiger partial charge in [-0.2, -0.15) is 0 Å². The molecule has 2 heteroatoms. The molecule has 0 N–H and O–H groups in total. The predicted molar refractivity (Wildman–Crippen MR) is 93.4 cm³/mol. The first kappa shape index (κ1) is 17.0. The van der Waals surface area contributed by atoms with Gasteiger partial charge >= 0.3 is 0 Å². The van der Waals surface area contributed by atoms with E-state index in [1.54, 1.807) is 6.07 Å². The van der Waals surface area contributed by atoms with E-state index in [-0.39, 0.29) is 11.2 Å². The third-order valence-corrected chi connectivity index (χ3v) is 4.51. The van der Waals surface area contributed by atoms with Gasteiger partial charge in [0.25, 0.3) is 0 Å². The zero-order valence-corrected chi connectivity index (χ0v) is 14.8. The highest BCUT2D eigenvalue weighted by molar-refractivity contribution is 6.31. The Balaban J connectivity index is 2.30. The molecule has 0 heterocycles. The molecule has 0 fully saturated rings. The molecule has 0 unspecified atom stereocenters. The maximum absolute atomic E-state index is 14.3. The summed E-state index contributed by atoms with van der Waals surface area (Å²) < 4.78 is 14.3. The fourth-order valence-electron chi connectivity index (χ4n) is 2.92. The normalized spacial score (nSPS) is 12.0. The largest absolute Gasteiger partial charge is 0.207 e. The van der Waals surface area contributed by atoms with Gasteiger partial charge in [-0.05, 0) is 59.1 Å². The van der Waals surface area contributed by atoms with Gasteiger partial charge < -0.3 is 0 Å². The van der Waals surface area contributed by atoms with Crippen molar-refractivity contribution in [1.82, 2.24) is 0 Å². The molecule has 0 amide bonds. The molecule has 0 aliphatic carbocycles. The van der Waals surface area contributed by atoms with Crippen LogP contribution in [0.3, 0.4) is 0 Å². The zero-order valence-electron chi connectivity index (χ0n) is 14.0. The van der Waals surface area contributed by atoms with E-state index in [1.165, 1.54) is 0 Å². The van der Waals surface area contributed by atoms with Crippen molar-refractivity contribution < 1.29 is 4.39 Å². The molecule has 0 aliphatic rings. The summed E-state index contributed by atoms with van der Waals surface area (Å²) >= 11 is 6.38. The Morgan fingerprint density at radius 3 is 2.32 bits per heavy atom. The first-order valence-electron chi connectivity index (χ1n) is 7.75. The van der Waals surface area contributed by atoms with Gasteiger partial charge in [-0.3, -0.25) is 0 Å². The molecule has 0 bridgehead atoms. The fourth-order valence-corrected chi connectivity index (χ4v) is 3.34. The summed E-state index contributed by atoms with van der Waals surface area (Å²) in [6, 6.07) is 11.7. The van der Waals surface area contributed by atoms with Gasteiger partial charge in [0.15, 0.2) is 0 Å². The third kappa shape index (κ3) is 3.70. The van der Waals surface area contributed by atoms with E-state index in [0.717, 1.165) is 33.7 Å². The highest BCUT2D eigenvalue weighted by atomic mass is 35.5. The molecule has 22 heavy (non-hydrogen) atoms. The maximum Gasteiger partial charge on any atom is 0.127 e. The fraction of sp³-hybridized carbons (Fsp3) is 0.400. The quantitative estimate of drug-likeness (QED) is 0.609. The van der Waals surface area contributed by atoms with Crippen LogP contribution < -0.4 is 0 Å². The first-order chi connectivity index (χ1) is 10.2. The van der Waals surface area contributed by atoms with Crippen molar-refractivity contribution in [2.24, 2.45) is 0 Å². The second-order valence-electron chi connectivity index (χ2n) is 7.05. The SMILES string of the molecule is Cc1ccc(C(C)(C)Cc2ccc(C(C)C)c(Cl)c2)c(F)c1. The van der Waals surface area contributed by atoms with Gasteiger partial charge in [0, 0.05) is 5.02 Å². The topological polar surface area (TPSA) is 0 Å². The molecule has 0 atom stereocenters. The number of rotatable bonds is 4. The Hall–Kier alpha value is -1.34. The van der Waals surface area contributed by atoms with E-state index in [1.807, 2.05) is 25.1 Å². The van der Waals surface area contributed by atoms with Crippen LogP contribution in [0.15, 0.2) is 36.4 Å². The van der Waals surface area contributed by atoms with Crippen molar-refractivity contribution in [1.29, 1.82) is 0 Å². The van der Waals surface area contributed by atoms with E-state index in [9.17, 15) is 4.39 Å². The van der Waals surface area contributed by atoms with Crippen LogP contribution in [0, 0.1) is 12.7 Å². The van der Waals surface area contributed by atoms with Crippen molar-refractivity contribution in [3.05, 3.63) is 69.5 Å². The Morgan fingerprint density at radius 2 is 1.77 bits per heavy atom. The smallest absolute Gasteiger partial charge is 0.127 e. The molecule has 0 aliphatic heterocycles. The van der Waals surface area contributed by atoms with Crippen molar-refractivity contribution in [2.75, 3.05) is 0 Å². The molecule has 0 spiro atoms. The van der Waals surface area contributed by atoms with Crippen LogP contribution >= 0.6 is 11.6 Å². The molecule has 118 valence electrons. The van der Waals surface area contributed by atoms with Gasteiger partial charge in [0.1, 0.15) is 5.82 Å². The number of benzene rings is 2. The van der Waals surface area contributed by atoms with Gasteiger partial charge in [0.05, 0.1) is 0 Å². The van der Waals surface area contributed by atoms with E-state index >= 15 is 0 Å². The number of hydrogen-bond acceptors (Lipinski definition) is 0. The van der Waals surface area contributed by atoms with Crippen LogP contribution in [-0.4, -0.2) is 0 Å².